The number of rotatable bonds is 6. The molecule has 5 nitrogen and oxygen atoms in total. The molecule has 0 bridgehead atoms. The Morgan fingerprint density at radius 1 is 1.50 bits per heavy atom. The lowest BCUT2D eigenvalue weighted by Gasteiger charge is -2.18. The molecule has 0 fully saturated rings. The van der Waals surface area contributed by atoms with E-state index >= 15 is 0 Å². The molecule has 1 aliphatic carbocycles. The molecular weight excluding hydrogens is 256 g/mol. The molecule has 1 N–H and O–H groups in total. The van der Waals surface area contributed by atoms with Crippen molar-refractivity contribution < 1.29 is 9.66 Å². The van der Waals surface area contributed by atoms with Gasteiger partial charge in [-0.05, 0) is 43.5 Å². The van der Waals surface area contributed by atoms with Gasteiger partial charge in [-0.3, -0.25) is 10.1 Å². The first-order valence-corrected chi connectivity index (χ1v) is 7.02. The summed E-state index contributed by atoms with van der Waals surface area (Å²) in [5, 5.41) is 14.3. The molecule has 1 aromatic rings. The van der Waals surface area contributed by atoms with Crippen molar-refractivity contribution in [3.05, 3.63) is 46.0 Å². The van der Waals surface area contributed by atoms with Gasteiger partial charge in [0.2, 0.25) is 0 Å². The normalized spacial score (nSPS) is 17.9. The smallest absolute Gasteiger partial charge is 0.311 e. The zero-order chi connectivity index (χ0) is 14.4. The SMILES string of the molecule is CCNCc1ccc(OC2C=CCCC2)c([N+](=O)[O-])c1. The lowest BCUT2D eigenvalue weighted by molar-refractivity contribution is -0.386. The van der Waals surface area contributed by atoms with Crippen LogP contribution in [0.3, 0.4) is 0 Å². The number of hydrogen-bond acceptors (Lipinski definition) is 4. The summed E-state index contributed by atoms with van der Waals surface area (Å²) in [6.45, 7) is 3.46. The van der Waals surface area contributed by atoms with E-state index in [0.717, 1.165) is 31.4 Å². The quantitative estimate of drug-likeness (QED) is 0.492. The number of nitro groups is 1. The average Bonchev–Trinajstić information content (AvgIpc) is 2.47. The summed E-state index contributed by atoms with van der Waals surface area (Å²) >= 11 is 0. The minimum Gasteiger partial charge on any atom is -0.479 e. The van der Waals surface area contributed by atoms with Crippen molar-refractivity contribution in [2.45, 2.75) is 38.8 Å². The molecule has 0 spiro atoms. The molecule has 1 aromatic carbocycles. The van der Waals surface area contributed by atoms with E-state index in [9.17, 15) is 10.1 Å². The van der Waals surface area contributed by atoms with Gasteiger partial charge in [0.1, 0.15) is 6.10 Å². The van der Waals surface area contributed by atoms with Crippen molar-refractivity contribution in [2.24, 2.45) is 0 Å². The summed E-state index contributed by atoms with van der Waals surface area (Å²) in [4.78, 5) is 10.8. The average molecular weight is 276 g/mol. The van der Waals surface area contributed by atoms with E-state index in [2.05, 4.69) is 11.4 Å². The Hall–Kier alpha value is -1.88. The molecule has 0 amide bonds. The summed E-state index contributed by atoms with van der Waals surface area (Å²) in [5.74, 6) is 0.354. The fraction of sp³-hybridized carbons (Fsp3) is 0.467. The van der Waals surface area contributed by atoms with Crippen LogP contribution in [0.2, 0.25) is 0 Å². The first-order chi connectivity index (χ1) is 9.70. The number of nitrogens with one attached hydrogen (secondary N) is 1. The zero-order valence-electron chi connectivity index (χ0n) is 11.7. The minimum atomic E-state index is -0.378. The van der Waals surface area contributed by atoms with Crippen molar-refractivity contribution in [2.75, 3.05) is 6.54 Å². The molecule has 1 unspecified atom stereocenters. The maximum atomic E-state index is 11.2. The van der Waals surface area contributed by atoms with Crippen LogP contribution in [0.25, 0.3) is 0 Å². The second kappa shape index (κ2) is 7.05. The Bertz CT molecular complexity index is 500. The maximum Gasteiger partial charge on any atom is 0.311 e. The molecule has 2 rings (SSSR count). The molecule has 0 aromatic heterocycles. The second-order valence-corrected chi connectivity index (χ2v) is 4.85. The van der Waals surface area contributed by atoms with Gasteiger partial charge < -0.3 is 10.1 Å². The van der Waals surface area contributed by atoms with E-state index in [-0.39, 0.29) is 16.7 Å². The van der Waals surface area contributed by atoms with Crippen LogP contribution < -0.4 is 10.1 Å². The zero-order valence-corrected chi connectivity index (χ0v) is 11.7. The number of allylic oxidation sites excluding steroid dienone is 1. The van der Waals surface area contributed by atoms with Crippen molar-refractivity contribution >= 4 is 5.69 Å². The van der Waals surface area contributed by atoms with Crippen molar-refractivity contribution in [3.63, 3.8) is 0 Å². The monoisotopic (exact) mass is 276 g/mol. The number of benzene rings is 1. The first-order valence-electron chi connectivity index (χ1n) is 7.02. The largest absolute Gasteiger partial charge is 0.479 e. The summed E-state index contributed by atoms with van der Waals surface area (Å²) in [5.41, 5.74) is 0.935. The van der Waals surface area contributed by atoms with E-state index in [1.165, 1.54) is 0 Å². The molecule has 1 atom stereocenters. The summed E-state index contributed by atoms with van der Waals surface area (Å²) < 4.78 is 5.76. The highest BCUT2D eigenvalue weighted by molar-refractivity contribution is 5.49. The highest BCUT2D eigenvalue weighted by atomic mass is 16.6. The van der Waals surface area contributed by atoms with Gasteiger partial charge in [0.15, 0.2) is 5.75 Å². The predicted molar refractivity (Wildman–Crippen MR) is 77.9 cm³/mol. The Morgan fingerprint density at radius 3 is 3.00 bits per heavy atom. The fourth-order valence-electron chi connectivity index (χ4n) is 2.23. The van der Waals surface area contributed by atoms with E-state index < -0.39 is 0 Å². The van der Waals surface area contributed by atoms with Crippen molar-refractivity contribution in [1.29, 1.82) is 0 Å². The Balaban J connectivity index is 2.16. The molecule has 0 aliphatic heterocycles. The van der Waals surface area contributed by atoms with Crippen LogP contribution in [0.4, 0.5) is 5.69 Å². The number of nitro benzene ring substituents is 1. The van der Waals surface area contributed by atoms with E-state index in [1.54, 1.807) is 12.1 Å². The van der Waals surface area contributed by atoms with Crippen LogP contribution in [0.1, 0.15) is 31.7 Å². The molecule has 0 radical (unpaired) electrons. The van der Waals surface area contributed by atoms with E-state index in [4.69, 9.17) is 4.74 Å². The molecular formula is C15H20N2O3. The minimum absolute atomic E-state index is 0.0411. The van der Waals surface area contributed by atoms with Gasteiger partial charge in [0.25, 0.3) is 0 Å². The Kier molecular flexibility index (Phi) is 5.12. The van der Waals surface area contributed by atoms with Crippen LogP contribution >= 0.6 is 0 Å². The van der Waals surface area contributed by atoms with Crippen LogP contribution in [-0.4, -0.2) is 17.6 Å². The van der Waals surface area contributed by atoms with Gasteiger partial charge in [-0.1, -0.05) is 19.1 Å². The van der Waals surface area contributed by atoms with E-state index in [0.29, 0.717) is 12.3 Å². The molecule has 20 heavy (non-hydrogen) atoms. The van der Waals surface area contributed by atoms with Gasteiger partial charge in [-0.15, -0.1) is 0 Å². The highest BCUT2D eigenvalue weighted by Gasteiger charge is 2.19. The summed E-state index contributed by atoms with van der Waals surface area (Å²) in [7, 11) is 0. The fourth-order valence-corrected chi connectivity index (χ4v) is 2.23. The van der Waals surface area contributed by atoms with Crippen molar-refractivity contribution in [3.8, 4) is 5.75 Å². The first kappa shape index (κ1) is 14.5. The standard InChI is InChI=1S/C15H20N2O3/c1-2-16-11-12-8-9-15(14(10-12)17(18)19)20-13-6-4-3-5-7-13/h4,6,8-10,13,16H,2-3,5,7,11H2,1H3. The third-order valence-electron chi connectivity index (χ3n) is 3.29. The molecule has 1 aliphatic rings. The molecule has 0 heterocycles. The van der Waals surface area contributed by atoms with Crippen LogP contribution in [0.5, 0.6) is 5.75 Å². The third kappa shape index (κ3) is 3.81. The summed E-state index contributed by atoms with van der Waals surface area (Å²) in [6.07, 6.45) is 7.03. The highest BCUT2D eigenvalue weighted by Crippen LogP contribution is 2.30. The van der Waals surface area contributed by atoms with Crippen LogP contribution in [0.15, 0.2) is 30.4 Å². The van der Waals surface area contributed by atoms with Gasteiger partial charge in [-0.2, -0.15) is 0 Å². The Labute approximate surface area is 118 Å². The number of hydrogen-bond donors (Lipinski definition) is 1. The van der Waals surface area contributed by atoms with Gasteiger partial charge in [0, 0.05) is 12.6 Å². The van der Waals surface area contributed by atoms with Crippen molar-refractivity contribution in [1.82, 2.24) is 5.32 Å². The Morgan fingerprint density at radius 2 is 2.35 bits per heavy atom. The van der Waals surface area contributed by atoms with E-state index in [1.807, 2.05) is 19.1 Å². The molecule has 108 valence electrons. The maximum absolute atomic E-state index is 11.2. The molecule has 0 saturated carbocycles. The van der Waals surface area contributed by atoms with Crippen LogP contribution in [0, 0.1) is 10.1 Å². The lowest BCUT2D eigenvalue weighted by Crippen LogP contribution is -2.17. The van der Waals surface area contributed by atoms with Gasteiger partial charge in [-0.25, -0.2) is 0 Å². The number of ether oxygens (including phenoxy) is 1. The molecule has 0 saturated heterocycles. The molecule has 5 heteroatoms. The van der Waals surface area contributed by atoms with Gasteiger partial charge >= 0.3 is 5.69 Å². The third-order valence-corrected chi connectivity index (χ3v) is 3.29. The predicted octanol–water partition coefficient (Wildman–Crippen LogP) is 3.19. The van der Waals surface area contributed by atoms with Gasteiger partial charge in [0.05, 0.1) is 4.92 Å². The topological polar surface area (TPSA) is 64.4 Å². The second-order valence-electron chi connectivity index (χ2n) is 4.85. The summed E-state index contributed by atoms with van der Waals surface area (Å²) in [6, 6.07) is 5.16. The number of nitrogens with zero attached hydrogens (tertiary/aromatic N) is 1. The van der Waals surface area contributed by atoms with Crippen LogP contribution in [-0.2, 0) is 6.54 Å². The lowest BCUT2D eigenvalue weighted by atomic mass is 10.1.